The summed E-state index contributed by atoms with van der Waals surface area (Å²) in [6.07, 6.45) is 3.27. The van der Waals surface area contributed by atoms with Crippen molar-refractivity contribution in [3.63, 3.8) is 0 Å². The van der Waals surface area contributed by atoms with E-state index in [1.807, 2.05) is 0 Å². The van der Waals surface area contributed by atoms with Gasteiger partial charge in [0, 0.05) is 17.4 Å². The van der Waals surface area contributed by atoms with Crippen LogP contribution in [-0.4, -0.2) is 4.40 Å². The summed E-state index contributed by atoms with van der Waals surface area (Å²) < 4.78 is 2.31. The predicted molar refractivity (Wildman–Crippen MR) is 60.9 cm³/mol. The summed E-state index contributed by atoms with van der Waals surface area (Å²) in [5, 5.41) is 0. The summed E-state index contributed by atoms with van der Waals surface area (Å²) in [5.74, 6) is 0.588. The summed E-state index contributed by atoms with van der Waals surface area (Å²) in [5.41, 5.74) is 4.23. The van der Waals surface area contributed by atoms with Crippen molar-refractivity contribution in [1.82, 2.24) is 4.40 Å². The van der Waals surface area contributed by atoms with Gasteiger partial charge in [0.25, 0.3) is 0 Å². The van der Waals surface area contributed by atoms with E-state index in [1.165, 1.54) is 16.8 Å². The highest BCUT2D eigenvalue weighted by molar-refractivity contribution is 5.58. The van der Waals surface area contributed by atoms with Crippen LogP contribution in [0.15, 0.2) is 30.5 Å². The van der Waals surface area contributed by atoms with Gasteiger partial charge in [-0.15, -0.1) is 0 Å². The van der Waals surface area contributed by atoms with Crippen LogP contribution < -0.4 is 0 Å². The van der Waals surface area contributed by atoms with Crippen LogP contribution >= 0.6 is 0 Å². The Labute approximate surface area is 85.4 Å². The van der Waals surface area contributed by atoms with Gasteiger partial charge in [-0.2, -0.15) is 0 Å². The van der Waals surface area contributed by atoms with Crippen LogP contribution in [0.2, 0.25) is 0 Å². The third-order valence-electron chi connectivity index (χ3n) is 2.76. The smallest absolute Gasteiger partial charge is 0.0484 e. The predicted octanol–water partition coefficient (Wildman–Crippen LogP) is 3.63. The van der Waals surface area contributed by atoms with Gasteiger partial charge >= 0.3 is 0 Å². The zero-order valence-electron chi connectivity index (χ0n) is 9.12. The number of hydrogen-bond acceptors (Lipinski definition) is 0. The van der Waals surface area contributed by atoms with Gasteiger partial charge in [0.1, 0.15) is 0 Å². The second kappa shape index (κ2) is 3.49. The maximum atomic E-state index is 2.33. The first-order valence-corrected chi connectivity index (χ1v) is 5.33. The SMILES string of the molecule is CCc1cc(C(C)C)n2ccccc12. The highest BCUT2D eigenvalue weighted by atomic mass is 14.9. The topological polar surface area (TPSA) is 4.41 Å². The first kappa shape index (κ1) is 9.32. The van der Waals surface area contributed by atoms with Crippen molar-refractivity contribution < 1.29 is 0 Å². The van der Waals surface area contributed by atoms with Crippen molar-refractivity contribution in [1.29, 1.82) is 0 Å². The van der Waals surface area contributed by atoms with Crippen LogP contribution in [0.25, 0.3) is 5.52 Å². The quantitative estimate of drug-likeness (QED) is 0.676. The monoisotopic (exact) mass is 187 g/mol. The van der Waals surface area contributed by atoms with E-state index in [4.69, 9.17) is 0 Å². The minimum Gasteiger partial charge on any atom is -0.320 e. The van der Waals surface area contributed by atoms with Crippen molar-refractivity contribution in [2.24, 2.45) is 0 Å². The average molecular weight is 187 g/mol. The van der Waals surface area contributed by atoms with Crippen molar-refractivity contribution in [3.8, 4) is 0 Å². The number of aryl methyl sites for hydroxylation is 1. The molecule has 0 aliphatic carbocycles. The van der Waals surface area contributed by atoms with Crippen molar-refractivity contribution in [3.05, 3.63) is 41.7 Å². The van der Waals surface area contributed by atoms with Crippen LogP contribution in [0, 0.1) is 0 Å². The van der Waals surface area contributed by atoms with Gasteiger partial charge < -0.3 is 4.40 Å². The van der Waals surface area contributed by atoms with Crippen LogP contribution in [0.4, 0.5) is 0 Å². The number of fused-ring (bicyclic) bond motifs is 1. The molecule has 2 aromatic heterocycles. The fourth-order valence-corrected chi connectivity index (χ4v) is 1.98. The normalized spacial score (nSPS) is 11.4. The molecule has 1 nitrogen and oxygen atoms in total. The molecule has 2 rings (SSSR count). The standard InChI is InChI=1S/C13H17N/c1-4-11-9-13(10(2)3)14-8-6-5-7-12(11)14/h5-10H,4H2,1-3H3. The highest BCUT2D eigenvalue weighted by Gasteiger charge is 2.09. The molecule has 74 valence electrons. The molecule has 14 heavy (non-hydrogen) atoms. The molecule has 0 N–H and O–H groups in total. The first-order chi connectivity index (χ1) is 6.74. The number of hydrogen-bond donors (Lipinski definition) is 0. The third kappa shape index (κ3) is 1.33. The Hall–Kier alpha value is -1.24. The van der Waals surface area contributed by atoms with Gasteiger partial charge in [0.15, 0.2) is 0 Å². The lowest BCUT2D eigenvalue weighted by Crippen LogP contribution is -1.93. The van der Waals surface area contributed by atoms with Gasteiger partial charge in [0.2, 0.25) is 0 Å². The van der Waals surface area contributed by atoms with Crippen molar-refractivity contribution >= 4 is 5.52 Å². The lowest BCUT2D eigenvalue weighted by Gasteiger charge is -2.04. The molecule has 0 atom stereocenters. The van der Waals surface area contributed by atoms with Gasteiger partial charge in [-0.1, -0.05) is 26.8 Å². The second-order valence-electron chi connectivity index (χ2n) is 4.06. The third-order valence-corrected chi connectivity index (χ3v) is 2.76. The minimum atomic E-state index is 0.588. The van der Waals surface area contributed by atoms with E-state index < -0.39 is 0 Å². The van der Waals surface area contributed by atoms with E-state index in [2.05, 4.69) is 55.6 Å². The average Bonchev–Trinajstić information content (AvgIpc) is 2.56. The molecule has 0 bridgehead atoms. The Bertz CT molecular complexity index is 437. The zero-order chi connectivity index (χ0) is 10.1. The Morgan fingerprint density at radius 2 is 2.07 bits per heavy atom. The summed E-state index contributed by atoms with van der Waals surface area (Å²) in [6.45, 7) is 6.70. The molecule has 0 fully saturated rings. The van der Waals surface area contributed by atoms with Crippen LogP contribution in [0.1, 0.15) is 37.9 Å². The van der Waals surface area contributed by atoms with E-state index in [0.29, 0.717) is 5.92 Å². The largest absolute Gasteiger partial charge is 0.320 e. The number of nitrogens with zero attached hydrogens (tertiary/aromatic N) is 1. The van der Waals surface area contributed by atoms with Gasteiger partial charge in [-0.05, 0) is 36.1 Å². The molecular formula is C13H17N. The van der Waals surface area contributed by atoms with E-state index >= 15 is 0 Å². The molecule has 0 aliphatic rings. The van der Waals surface area contributed by atoms with Crippen molar-refractivity contribution in [2.45, 2.75) is 33.1 Å². The molecule has 0 aliphatic heterocycles. The summed E-state index contributed by atoms with van der Waals surface area (Å²) in [4.78, 5) is 0. The highest BCUT2D eigenvalue weighted by Crippen LogP contribution is 2.23. The molecule has 0 spiro atoms. The van der Waals surface area contributed by atoms with Crippen LogP contribution in [0.3, 0.4) is 0 Å². The molecule has 0 unspecified atom stereocenters. The number of pyridine rings is 1. The van der Waals surface area contributed by atoms with Gasteiger partial charge in [-0.3, -0.25) is 0 Å². The molecule has 0 saturated carbocycles. The first-order valence-electron chi connectivity index (χ1n) is 5.33. The fraction of sp³-hybridized carbons (Fsp3) is 0.385. The van der Waals surface area contributed by atoms with E-state index in [-0.39, 0.29) is 0 Å². The Morgan fingerprint density at radius 3 is 2.71 bits per heavy atom. The van der Waals surface area contributed by atoms with Crippen molar-refractivity contribution in [2.75, 3.05) is 0 Å². The molecule has 2 heterocycles. The lowest BCUT2D eigenvalue weighted by atomic mass is 10.1. The Kier molecular flexibility index (Phi) is 2.32. The van der Waals surface area contributed by atoms with E-state index in [1.54, 1.807) is 0 Å². The second-order valence-corrected chi connectivity index (χ2v) is 4.06. The van der Waals surface area contributed by atoms with E-state index in [9.17, 15) is 0 Å². The zero-order valence-corrected chi connectivity index (χ0v) is 9.12. The fourth-order valence-electron chi connectivity index (χ4n) is 1.98. The maximum absolute atomic E-state index is 2.33. The van der Waals surface area contributed by atoms with Gasteiger partial charge in [-0.25, -0.2) is 0 Å². The molecule has 0 aromatic carbocycles. The number of rotatable bonds is 2. The Morgan fingerprint density at radius 1 is 1.29 bits per heavy atom. The van der Waals surface area contributed by atoms with E-state index in [0.717, 1.165) is 6.42 Å². The summed E-state index contributed by atoms with van der Waals surface area (Å²) in [6, 6.07) is 8.74. The molecular weight excluding hydrogens is 170 g/mol. The number of aromatic nitrogens is 1. The maximum Gasteiger partial charge on any atom is 0.0484 e. The van der Waals surface area contributed by atoms with Gasteiger partial charge in [0.05, 0.1) is 0 Å². The molecule has 0 saturated heterocycles. The summed E-state index contributed by atoms with van der Waals surface area (Å²) in [7, 11) is 0. The van der Waals surface area contributed by atoms with Crippen LogP contribution in [-0.2, 0) is 6.42 Å². The van der Waals surface area contributed by atoms with Crippen LogP contribution in [0.5, 0.6) is 0 Å². The summed E-state index contributed by atoms with van der Waals surface area (Å²) >= 11 is 0. The molecule has 0 radical (unpaired) electrons. The molecule has 0 amide bonds. The minimum absolute atomic E-state index is 0.588. The lowest BCUT2D eigenvalue weighted by molar-refractivity contribution is 0.809. The Balaban J connectivity index is 2.73. The molecule has 1 heteroatoms. The molecule has 2 aromatic rings.